The minimum atomic E-state index is 0.679. The molecule has 1 aromatic carbocycles. The first kappa shape index (κ1) is 18.5. The first-order chi connectivity index (χ1) is 9.90. The van der Waals surface area contributed by atoms with Gasteiger partial charge in [0.05, 0.1) is 0 Å². The lowest BCUT2D eigenvalue weighted by Gasteiger charge is -2.24. The number of nitrogens with one attached hydrogen (secondary N) is 1. The third kappa shape index (κ3) is 7.30. The highest BCUT2D eigenvalue weighted by Crippen LogP contribution is 2.24. The maximum absolute atomic E-state index is 3.59. The summed E-state index contributed by atoms with van der Waals surface area (Å²) in [5, 5.41) is 3.54. The van der Waals surface area contributed by atoms with Crippen molar-refractivity contribution in [3.05, 3.63) is 28.2 Å². The largest absolute Gasteiger partial charge is 0.374 e. The molecule has 3 nitrogen and oxygen atoms in total. The van der Waals surface area contributed by atoms with Crippen molar-refractivity contribution < 1.29 is 0 Å². The minimum Gasteiger partial charge on any atom is -0.374 e. The predicted octanol–water partition coefficient (Wildman–Crippen LogP) is 3.58. The molecular formula is C17H30BrN3. The molecule has 0 saturated heterocycles. The molecule has 0 aliphatic heterocycles. The number of benzene rings is 1. The average molecular weight is 356 g/mol. The van der Waals surface area contributed by atoms with E-state index in [1.807, 2.05) is 0 Å². The monoisotopic (exact) mass is 355 g/mol. The fraction of sp³-hybridized carbons (Fsp3) is 0.647. The van der Waals surface area contributed by atoms with Gasteiger partial charge in [0.25, 0.3) is 0 Å². The molecule has 0 unspecified atom stereocenters. The van der Waals surface area contributed by atoms with Crippen LogP contribution in [0.5, 0.6) is 0 Å². The van der Waals surface area contributed by atoms with Crippen molar-refractivity contribution in [2.24, 2.45) is 5.92 Å². The Bertz CT molecular complexity index is 418. The molecule has 0 bridgehead atoms. The SMILES string of the molecule is CC(C)CNCc1cc(Br)ccc1N(C)CCCN(C)C. The summed E-state index contributed by atoms with van der Waals surface area (Å²) in [6, 6.07) is 6.57. The molecule has 0 amide bonds. The standard InChI is InChI=1S/C17H30BrN3/c1-14(2)12-19-13-15-11-16(18)7-8-17(15)21(5)10-6-9-20(3)4/h7-8,11,14,19H,6,9-10,12-13H2,1-5H3. The number of anilines is 1. The Hall–Kier alpha value is -0.580. The lowest BCUT2D eigenvalue weighted by Crippen LogP contribution is -2.26. The van der Waals surface area contributed by atoms with E-state index in [1.165, 1.54) is 17.7 Å². The number of halogens is 1. The maximum atomic E-state index is 3.59. The summed E-state index contributed by atoms with van der Waals surface area (Å²) in [6.45, 7) is 8.66. The summed E-state index contributed by atoms with van der Waals surface area (Å²) in [4.78, 5) is 4.60. The minimum absolute atomic E-state index is 0.679. The van der Waals surface area contributed by atoms with Crippen molar-refractivity contribution >= 4 is 21.6 Å². The Balaban J connectivity index is 2.66. The second-order valence-corrected chi connectivity index (χ2v) is 7.29. The third-order valence-corrected chi connectivity index (χ3v) is 3.91. The molecular weight excluding hydrogens is 326 g/mol. The molecule has 0 aliphatic carbocycles. The Kier molecular flexibility index (Phi) is 8.30. The van der Waals surface area contributed by atoms with Crippen LogP contribution in [0.15, 0.2) is 22.7 Å². The second kappa shape index (κ2) is 9.44. The number of hydrogen-bond acceptors (Lipinski definition) is 3. The van der Waals surface area contributed by atoms with Gasteiger partial charge in [0.1, 0.15) is 0 Å². The Morgan fingerprint density at radius 2 is 1.86 bits per heavy atom. The first-order valence-electron chi connectivity index (χ1n) is 7.75. The van der Waals surface area contributed by atoms with Gasteiger partial charge in [-0.3, -0.25) is 0 Å². The molecule has 0 fully saturated rings. The van der Waals surface area contributed by atoms with E-state index in [1.54, 1.807) is 0 Å². The van der Waals surface area contributed by atoms with Gasteiger partial charge in [0.2, 0.25) is 0 Å². The van der Waals surface area contributed by atoms with Gasteiger partial charge in [-0.15, -0.1) is 0 Å². The van der Waals surface area contributed by atoms with Gasteiger partial charge < -0.3 is 15.1 Å². The molecule has 0 saturated carbocycles. The molecule has 21 heavy (non-hydrogen) atoms. The van der Waals surface area contributed by atoms with E-state index < -0.39 is 0 Å². The first-order valence-corrected chi connectivity index (χ1v) is 8.54. The molecule has 0 aliphatic rings. The second-order valence-electron chi connectivity index (χ2n) is 6.38. The highest BCUT2D eigenvalue weighted by molar-refractivity contribution is 9.10. The van der Waals surface area contributed by atoms with Gasteiger partial charge in [0, 0.05) is 30.3 Å². The molecule has 0 atom stereocenters. The van der Waals surface area contributed by atoms with Crippen molar-refractivity contribution in [3.63, 3.8) is 0 Å². The molecule has 1 aromatic rings. The highest BCUT2D eigenvalue weighted by Gasteiger charge is 2.08. The van der Waals surface area contributed by atoms with Crippen molar-refractivity contribution in [2.45, 2.75) is 26.8 Å². The van der Waals surface area contributed by atoms with Crippen molar-refractivity contribution in [3.8, 4) is 0 Å². The van der Waals surface area contributed by atoms with Crippen LogP contribution in [-0.4, -0.2) is 45.7 Å². The Labute approximate surface area is 138 Å². The summed E-state index contributed by atoms with van der Waals surface area (Å²) in [5.74, 6) is 0.679. The van der Waals surface area contributed by atoms with Crippen LogP contribution >= 0.6 is 15.9 Å². The van der Waals surface area contributed by atoms with E-state index in [2.05, 4.69) is 84.2 Å². The van der Waals surface area contributed by atoms with Crippen LogP contribution in [0.1, 0.15) is 25.8 Å². The van der Waals surface area contributed by atoms with Gasteiger partial charge in [-0.1, -0.05) is 29.8 Å². The third-order valence-electron chi connectivity index (χ3n) is 3.42. The van der Waals surface area contributed by atoms with Gasteiger partial charge in [0.15, 0.2) is 0 Å². The molecule has 0 radical (unpaired) electrons. The van der Waals surface area contributed by atoms with Crippen LogP contribution in [0.4, 0.5) is 5.69 Å². The number of nitrogens with zero attached hydrogens (tertiary/aromatic N) is 2. The van der Waals surface area contributed by atoms with Gasteiger partial charge >= 0.3 is 0 Å². The fourth-order valence-corrected chi connectivity index (χ4v) is 2.72. The molecule has 120 valence electrons. The maximum Gasteiger partial charge on any atom is 0.0410 e. The zero-order chi connectivity index (χ0) is 15.8. The van der Waals surface area contributed by atoms with E-state index >= 15 is 0 Å². The van der Waals surface area contributed by atoms with E-state index in [0.717, 1.165) is 30.7 Å². The lowest BCUT2D eigenvalue weighted by atomic mass is 10.1. The zero-order valence-corrected chi connectivity index (χ0v) is 15.7. The van der Waals surface area contributed by atoms with E-state index in [9.17, 15) is 0 Å². The number of hydrogen-bond donors (Lipinski definition) is 1. The molecule has 1 rings (SSSR count). The topological polar surface area (TPSA) is 18.5 Å². The summed E-state index contributed by atoms with van der Waals surface area (Å²) in [7, 11) is 6.44. The summed E-state index contributed by atoms with van der Waals surface area (Å²) < 4.78 is 1.15. The van der Waals surface area contributed by atoms with Crippen LogP contribution in [-0.2, 0) is 6.54 Å². The summed E-state index contributed by atoms with van der Waals surface area (Å²) in [5.41, 5.74) is 2.69. The molecule has 0 spiro atoms. The van der Waals surface area contributed by atoms with Crippen molar-refractivity contribution in [1.29, 1.82) is 0 Å². The Morgan fingerprint density at radius 1 is 1.14 bits per heavy atom. The normalized spacial score (nSPS) is 11.4. The Morgan fingerprint density at radius 3 is 2.48 bits per heavy atom. The van der Waals surface area contributed by atoms with E-state index in [0.29, 0.717) is 5.92 Å². The fourth-order valence-electron chi connectivity index (χ4n) is 2.31. The van der Waals surface area contributed by atoms with Crippen LogP contribution in [0.25, 0.3) is 0 Å². The summed E-state index contributed by atoms with van der Waals surface area (Å²) >= 11 is 3.59. The van der Waals surface area contributed by atoms with Gasteiger partial charge in [-0.2, -0.15) is 0 Å². The highest BCUT2D eigenvalue weighted by atomic mass is 79.9. The van der Waals surface area contributed by atoms with Crippen LogP contribution in [0.3, 0.4) is 0 Å². The zero-order valence-electron chi connectivity index (χ0n) is 14.1. The predicted molar refractivity (Wildman–Crippen MR) is 97.1 cm³/mol. The van der Waals surface area contributed by atoms with Crippen LogP contribution in [0.2, 0.25) is 0 Å². The summed E-state index contributed by atoms with van der Waals surface area (Å²) in [6.07, 6.45) is 1.18. The molecule has 0 heterocycles. The average Bonchev–Trinajstić information content (AvgIpc) is 2.37. The number of rotatable bonds is 9. The van der Waals surface area contributed by atoms with Crippen LogP contribution in [0, 0.1) is 5.92 Å². The molecule has 4 heteroatoms. The van der Waals surface area contributed by atoms with Crippen LogP contribution < -0.4 is 10.2 Å². The lowest BCUT2D eigenvalue weighted by molar-refractivity contribution is 0.401. The quantitative estimate of drug-likeness (QED) is 0.730. The van der Waals surface area contributed by atoms with Crippen molar-refractivity contribution in [1.82, 2.24) is 10.2 Å². The van der Waals surface area contributed by atoms with Gasteiger partial charge in [-0.25, -0.2) is 0 Å². The molecule has 1 N–H and O–H groups in total. The van der Waals surface area contributed by atoms with Crippen molar-refractivity contribution in [2.75, 3.05) is 45.7 Å². The van der Waals surface area contributed by atoms with E-state index in [-0.39, 0.29) is 0 Å². The van der Waals surface area contributed by atoms with E-state index in [4.69, 9.17) is 0 Å². The molecule has 0 aromatic heterocycles. The smallest absolute Gasteiger partial charge is 0.0410 e. The van der Waals surface area contributed by atoms with Gasteiger partial charge in [-0.05, 0) is 63.3 Å².